The minimum absolute atomic E-state index is 0.114. The first-order chi connectivity index (χ1) is 12.7. The number of piperidine rings is 3. The maximum atomic E-state index is 13.3. The summed E-state index contributed by atoms with van der Waals surface area (Å²) in [6, 6.07) is 12.2. The van der Waals surface area contributed by atoms with Gasteiger partial charge >= 0.3 is 0 Å². The van der Waals surface area contributed by atoms with Crippen molar-refractivity contribution in [3.8, 4) is 0 Å². The molecule has 5 heteroatoms. The summed E-state index contributed by atoms with van der Waals surface area (Å²) in [4.78, 5) is 22.4. The van der Waals surface area contributed by atoms with Gasteiger partial charge in [0.1, 0.15) is 0 Å². The van der Waals surface area contributed by atoms with Crippen molar-refractivity contribution in [2.45, 2.75) is 30.8 Å². The lowest BCUT2D eigenvalue weighted by Gasteiger charge is -2.51. The van der Waals surface area contributed by atoms with Gasteiger partial charge in [-0.25, -0.2) is 0 Å². The number of hydrogen-bond acceptors (Lipinski definition) is 3. The van der Waals surface area contributed by atoms with Gasteiger partial charge in [0.2, 0.25) is 0 Å². The highest BCUT2D eigenvalue weighted by atomic mass is 35.5. The molecule has 1 aromatic heterocycles. The first-order valence-electron chi connectivity index (χ1n) is 9.43. The number of benzene rings is 1. The molecule has 0 radical (unpaired) electrons. The molecule has 4 fully saturated rings. The molecule has 5 heterocycles. The molecular weight excluding hydrogens is 346 g/mol. The van der Waals surface area contributed by atoms with E-state index in [2.05, 4.69) is 20.9 Å². The second-order valence-electron chi connectivity index (χ2n) is 7.72. The standard InChI is InChI=1S/C21H22ClN3O/c22-17-5-1-3-15(11-17)21(26)25-13-18(16-4-2-8-23-12-16)20-19(25)14-6-9-24(20)10-7-14/h1-5,8,11-12,14,18-20H,6-7,9-10,13H2. The van der Waals surface area contributed by atoms with Crippen molar-refractivity contribution in [1.29, 1.82) is 0 Å². The first-order valence-corrected chi connectivity index (χ1v) is 9.80. The predicted molar refractivity (Wildman–Crippen MR) is 101 cm³/mol. The number of aromatic nitrogens is 1. The number of likely N-dealkylation sites (tertiary alicyclic amines) is 1. The Labute approximate surface area is 158 Å². The Bertz CT molecular complexity index is 819. The molecule has 2 bridgehead atoms. The largest absolute Gasteiger partial charge is 0.333 e. The molecular formula is C21H22ClN3O. The second kappa shape index (κ2) is 6.36. The van der Waals surface area contributed by atoms with E-state index in [1.54, 1.807) is 6.07 Å². The van der Waals surface area contributed by atoms with Crippen molar-refractivity contribution in [2.24, 2.45) is 5.92 Å². The fourth-order valence-corrected chi connectivity index (χ4v) is 5.52. The van der Waals surface area contributed by atoms with E-state index >= 15 is 0 Å². The fourth-order valence-electron chi connectivity index (χ4n) is 5.33. The van der Waals surface area contributed by atoms with Crippen LogP contribution < -0.4 is 0 Å². The SMILES string of the molecule is O=C(c1cccc(Cl)c1)N1CC(c2cccnc2)C2C1C1CCN2CC1. The van der Waals surface area contributed by atoms with E-state index in [1.165, 1.54) is 18.4 Å². The topological polar surface area (TPSA) is 36.4 Å². The van der Waals surface area contributed by atoms with Gasteiger partial charge in [-0.15, -0.1) is 0 Å². The molecule has 6 rings (SSSR count). The maximum Gasteiger partial charge on any atom is 0.254 e. The number of halogens is 1. The maximum absolute atomic E-state index is 13.3. The number of carbonyl (C=O) groups excluding carboxylic acids is 1. The van der Waals surface area contributed by atoms with E-state index < -0.39 is 0 Å². The van der Waals surface area contributed by atoms with Crippen molar-refractivity contribution in [3.63, 3.8) is 0 Å². The molecule has 134 valence electrons. The molecule has 2 aromatic rings. The summed E-state index contributed by atoms with van der Waals surface area (Å²) in [5.74, 6) is 1.05. The fraction of sp³-hybridized carbons (Fsp3) is 0.429. The van der Waals surface area contributed by atoms with Gasteiger partial charge in [0.05, 0.1) is 6.04 Å². The van der Waals surface area contributed by atoms with E-state index in [0.717, 1.165) is 19.6 Å². The van der Waals surface area contributed by atoms with Crippen LogP contribution in [0.25, 0.3) is 0 Å². The number of amides is 1. The number of rotatable bonds is 2. The lowest BCUT2D eigenvalue weighted by Crippen LogP contribution is -2.60. The normalized spacial score (nSPS) is 32.5. The van der Waals surface area contributed by atoms with E-state index in [9.17, 15) is 4.79 Å². The van der Waals surface area contributed by atoms with Gasteiger partial charge in [-0.1, -0.05) is 23.7 Å². The molecule has 1 aromatic carbocycles. The number of carbonyl (C=O) groups is 1. The average Bonchev–Trinajstić information content (AvgIpc) is 3.12. The molecule has 4 saturated heterocycles. The zero-order chi connectivity index (χ0) is 17.7. The molecule has 3 unspecified atom stereocenters. The molecule has 26 heavy (non-hydrogen) atoms. The van der Waals surface area contributed by atoms with E-state index in [4.69, 9.17) is 11.6 Å². The Kier molecular flexibility index (Phi) is 3.98. The molecule has 3 atom stereocenters. The van der Waals surface area contributed by atoms with Crippen LogP contribution in [0.2, 0.25) is 5.02 Å². The van der Waals surface area contributed by atoms with Crippen LogP contribution in [0.3, 0.4) is 0 Å². The summed E-state index contributed by atoms with van der Waals surface area (Å²) in [7, 11) is 0. The van der Waals surface area contributed by atoms with Gasteiger partial charge < -0.3 is 4.90 Å². The van der Waals surface area contributed by atoms with E-state index in [0.29, 0.717) is 34.5 Å². The van der Waals surface area contributed by atoms with Gasteiger partial charge in [-0.3, -0.25) is 14.7 Å². The number of hydrogen-bond donors (Lipinski definition) is 0. The summed E-state index contributed by atoms with van der Waals surface area (Å²) >= 11 is 6.13. The molecule has 0 aliphatic carbocycles. The van der Waals surface area contributed by atoms with Crippen molar-refractivity contribution >= 4 is 17.5 Å². The van der Waals surface area contributed by atoms with Gasteiger partial charge in [0.15, 0.2) is 0 Å². The third-order valence-electron chi connectivity index (χ3n) is 6.44. The highest BCUT2D eigenvalue weighted by molar-refractivity contribution is 6.30. The minimum Gasteiger partial charge on any atom is -0.333 e. The Hall–Kier alpha value is -1.91. The van der Waals surface area contributed by atoms with Crippen molar-refractivity contribution in [2.75, 3.05) is 19.6 Å². The smallest absolute Gasteiger partial charge is 0.254 e. The van der Waals surface area contributed by atoms with Crippen molar-refractivity contribution in [1.82, 2.24) is 14.8 Å². The second-order valence-corrected chi connectivity index (χ2v) is 8.15. The van der Waals surface area contributed by atoms with Crippen LogP contribution in [0.15, 0.2) is 48.8 Å². The summed E-state index contributed by atoms with van der Waals surface area (Å²) in [5, 5.41) is 0.615. The lowest BCUT2D eigenvalue weighted by molar-refractivity contribution is -0.00342. The number of nitrogens with zero attached hydrogens (tertiary/aromatic N) is 3. The Balaban J connectivity index is 1.53. The third kappa shape index (κ3) is 2.55. The van der Waals surface area contributed by atoms with Crippen LogP contribution in [0.1, 0.15) is 34.7 Å². The third-order valence-corrected chi connectivity index (χ3v) is 6.67. The molecule has 4 aliphatic heterocycles. The lowest BCUT2D eigenvalue weighted by atomic mass is 9.75. The van der Waals surface area contributed by atoms with E-state index in [-0.39, 0.29) is 5.91 Å². The zero-order valence-corrected chi connectivity index (χ0v) is 15.3. The van der Waals surface area contributed by atoms with Crippen LogP contribution in [0.4, 0.5) is 0 Å². The average molecular weight is 368 g/mol. The van der Waals surface area contributed by atoms with Gasteiger partial charge in [-0.2, -0.15) is 0 Å². The quantitative estimate of drug-likeness (QED) is 0.815. The predicted octanol–water partition coefficient (Wildman–Crippen LogP) is 3.44. The highest BCUT2D eigenvalue weighted by Gasteiger charge is 2.54. The van der Waals surface area contributed by atoms with E-state index in [1.807, 2.05) is 36.7 Å². The van der Waals surface area contributed by atoms with Gasteiger partial charge in [0.25, 0.3) is 5.91 Å². The molecule has 0 saturated carbocycles. The molecule has 1 amide bonds. The van der Waals surface area contributed by atoms with Crippen LogP contribution in [0, 0.1) is 5.92 Å². The molecule has 0 N–H and O–H groups in total. The zero-order valence-electron chi connectivity index (χ0n) is 14.6. The van der Waals surface area contributed by atoms with Crippen LogP contribution >= 0.6 is 11.6 Å². The molecule has 0 spiro atoms. The van der Waals surface area contributed by atoms with Crippen LogP contribution in [-0.4, -0.2) is 52.4 Å². The summed E-state index contributed by atoms with van der Waals surface area (Å²) in [6.45, 7) is 3.07. The number of pyridine rings is 1. The van der Waals surface area contributed by atoms with Crippen molar-refractivity contribution < 1.29 is 4.79 Å². The minimum atomic E-state index is 0.114. The highest BCUT2D eigenvalue weighted by Crippen LogP contribution is 2.46. The Morgan fingerprint density at radius 2 is 1.96 bits per heavy atom. The summed E-state index contributed by atoms with van der Waals surface area (Å²) in [5.41, 5.74) is 1.94. The summed E-state index contributed by atoms with van der Waals surface area (Å²) < 4.78 is 0. The van der Waals surface area contributed by atoms with Gasteiger partial charge in [0, 0.05) is 41.5 Å². The van der Waals surface area contributed by atoms with Crippen LogP contribution in [0.5, 0.6) is 0 Å². The van der Waals surface area contributed by atoms with Gasteiger partial charge in [-0.05, 0) is 61.7 Å². The van der Waals surface area contributed by atoms with Crippen molar-refractivity contribution in [3.05, 3.63) is 64.9 Å². The summed E-state index contributed by atoms with van der Waals surface area (Å²) in [6.07, 6.45) is 6.18. The number of fused-ring (bicyclic) bond motifs is 2. The first kappa shape index (κ1) is 16.3. The molecule has 4 aliphatic rings. The molecule has 4 nitrogen and oxygen atoms in total. The monoisotopic (exact) mass is 367 g/mol. The van der Waals surface area contributed by atoms with Crippen LogP contribution in [-0.2, 0) is 0 Å². The Morgan fingerprint density at radius 1 is 1.12 bits per heavy atom. The Morgan fingerprint density at radius 3 is 2.69 bits per heavy atom.